The Labute approximate surface area is 83.6 Å². The molecule has 1 aromatic heterocycles. The van der Waals surface area contributed by atoms with Gasteiger partial charge < -0.3 is 10.1 Å². The summed E-state index contributed by atoms with van der Waals surface area (Å²) in [4.78, 5) is 6.88. The molecule has 13 heavy (non-hydrogen) atoms. The van der Waals surface area contributed by atoms with Crippen molar-refractivity contribution < 1.29 is 5.11 Å². The van der Waals surface area contributed by atoms with Crippen LogP contribution in [-0.2, 0) is 0 Å². The molecule has 2 rings (SSSR count). The lowest BCUT2D eigenvalue weighted by atomic mass is 10.1. The first-order valence-corrected chi connectivity index (χ1v) is 4.54. The molecule has 2 N–H and O–H groups in total. The Bertz CT molecular complexity index is 412. The van der Waals surface area contributed by atoms with Gasteiger partial charge in [-0.25, -0.2) is 4.98 Å². The zero-order valence-electron chi connectivity index (χ0n) is 6.66. The third kappa shape index (κ3) is 1.58. The van der Waals surface area contributed by atoms with Crippen LogP contribution >= 0.6 is 15.9 Å². The van der Waals surface area contributed by atoms with Gasteiger partial charge in [0.1, 0.15) is 5.75 Å². The molecule has 4 heteroatoms. The van der Waals surface area contributed by atoms with E-state index in [1.807, 2.05) is 0 Å². The minimum atomic E-state index is 0.243. The van der Waals surface area contributed by atoms with Gasteiger partial charge in [-0.1, -0.05) is 15.9 Å². The number of aromatic amines is 1. The van der Waals surface area contributed by atoms with Crippen molar-refractivity contribution in [2.75, 3.05) is 0 Å². The summed E-state index contributed by atoms with van der Waals surface area (Å²) >= 11 is 3.39. The maximum atomic E-state index is 9.28. The number of phenols is 1. The Kier molecular flexibility index (Phi) is 2.06. The predicted octanol–water partition coefficient (Wildman–Crippen LogP) is 2.54. The highest BCUT2D eigenvalue weighted by atomic mass is 79.9. The molecule has 0 amide bonds. The summed E-state index contributed by atoms with van der Waals surface area (Å²) < 4.78 is 0.926. The highest BCUT2D eigenvalue weighted by molar-refractivity contribution is 9.10. The third-order valence-electron chi connectivity index (χ3n) is 1.74. The number of H-pyrrole nitrogens is 1. The van der Waals surface area contributed by atoms with Gasteiger partial charge in [-0.3, -0.25) is 0 Å². The van der Waals surface area contributed by atoms with Crippen LogP contribution in [0.15, 0.2) is 35.2 Å². The average Bonchev–Trinajstić information content (AvgIpc) is 2.61. The van der Waals surface area contributed by atoms with E-state index in [1.54, 1.807) is 30.7 Å². The molecular formula is C9H7BrN2O. The van der Waals surface area contributed by atoms with Gasteiger partial charge in [0.25, 0.3) is 0 Å². The summed E-state index contributed by atoms with van der Waals surface area (Å²) in [7, 11) is 0. The molecule has 1 heterocycles. The van der Waals surface area contributed by atoms with Crippen LogP contribution in [0.1, 0.15) is 0 Å². The van der Waals surface area contributed by atoms with Crippen LogP contribution in [0, 0.1) is 0 Å². The van der Waals surface area contributed by atoms with Crippen molar-refractivity contribution >= 4 is 15.9 Å². The molecule has 3 nitrogen and oxygen atoms in total. The van der Waals surface area contributed by atoms with Crippen LogP contribution in [0.5, 0.6) is 5.75 Å². The summed E-state index contributed by atoms with van der Waals surface area (Å²) in [5.41, 5.74) is 1.78. The molecule has 2 aromatic rings. The Morgan fingerprint density at radius 1 is 1.38 bits per heavy atom. The lowest BCUT2D eigenvalue weighted by molar-refractivity contribution is 0.475. The molecule has 0 aliphatic carbocycles. The van der Waals surface area contributed by atoms with Gasteiger partial charge >= 0.3 is 0 Å². The fraction of sp³-hybridized carbons (Fsp3) is 0. The number of aromatic nitrogens is 2. The molecule has 0 radical (unpaired) electrons. The maximum Gasteiger partial charge on any atom is 0.116 e. The van der Waals surface area contributed by atoms with Crippen LogP contribution in [0.3, 0.4) is 0 Å². The van der Waals surface area contributed by atoms with Crippen LogP contribution in [0.2, 0.25) is 0 Å². The van der Waals surface area contributed by atoms with Crippen molar-refractivity contribution in [1.29, 1.82) is 0 Å². The van der Waals surface area contributed by atoms with Crippen molar-refractivity contribution in [1.82, 2.24) is 9.97 Å². The molecule has 0 spiro atoms. The van der Waals surface area contributed by atoms with Gasteiger partial charge in [0.05, 0.1) is 18.2 Å². The van der Waals surface area contributed by atoms with E-state index in [0.29, 0.717) is 0 Å². The van der Waals surface area contributed by atoms with E-state index in [-0.39, 0.29) is 5.75 Å². The first-order valence-electron chi connectivity index (χ1n) is 3.74. The quantitative estimate of drug-likeness (QED) is 0.803. The van der Waals surface area contributed by atoms with E-state index >= 15 is 0 Å². The highest BCUT2D eigenvalue weighted by Gasteiger charge is 2.04. The number of aromatic hydroxyl groups is 1. The number of halogens is 1. The van der Waals surface area contributed by atoms with Crippen molar-refractivity contribution in [2.45, 2.75) is 0 Å². The number of rotatable bonds is 1. The van der Waals surface area contributed by atoms with E-state index in [0.717, 1.165) is 15.7 Å². The summed E-state index contributed by atoms with van der Waals surface area (Å²) in [6, 6.07) is 5.10. The fourth-order valence-corrected chi connectivity index (χ4v) is 1.58. The fourth-order valence-electron chi connectivity index (χ4n) is 1.12. The van der Waals surface area contributed by atoms with E-state index in [2.05, 4.69) is 25.9 Å². The molecule has 0 bridgehead atoms. The summed E-state index contributed by atoms with van der Waals surface area (Å²) in [6.45, 7) is 0. The maximum absolute atomic E-state index is 9.28. The molecule has 0 unspecified atom stereocenters. The van der Waals surface area contributed by atoms with Crippen LogP contribution in [0.25, 0.3) is 11.3 Å². The van der Waals surface area contributed by atoms with Gasteiger partial charge in [-0.15, -0.1) is 0 Å². The van der Waals surface area contributed by atoms with Crippen molar-refractivity contribution in [3.05, 3.63) is 35.2 Å². The zero-order valence-corrected chi connectivity index (χ0v) is 8.25. The number of nitrogens with one attached hydrogen (secondary N) is 1. The predicted molar refractivity (Wildman–Crippen MR) is 53.4 cm³/mol. The smallest absolute Gasteiger partial charge is 0.116 e. The number of hydrogen-bond donors (Lipinski definition) is 2. The van der Waals surface area contributed by atoms with Crippen LogP contribution in [0.4, 0.5) is 0 Å². The number of hydrogen-bond acceptors (Lipinski definition) is 2. The van der Waals surface area contributed by atoms with Gasteiger partial charge in [0.2, 0.25) is 0 Å². The Morgan fingerprint density at radius 3 is 2.92 bits per heavy atom. The Morgan fingerprint density at radius 2 is 2.23 bits per heavy atom. The molecular weight excluding hydrogens is 232 g/mol. The van der Waals surface area contributed by atoms with Crippen LogP contribution in [-0.4, -0.2) is 15.1 Å². The zero-order chi connectivity index (χ0) is 9.26. The monoisotopic (exact) mass is 238 g/mol. The molecule has 66 valence electrons. The number of nitrogens with zero attached hydrogens (tertiary/aromatic N) is 1. The van der Waals surface area contributed by atoms with Gasteiger partial charge in [-0.2, -0.15) is 0 Å². The Hall–Kier alpha value is -1.29. The van der Waals surface area contributed by atoms with Crippen molar-refractivity contribution in [2.24, 2.45) is 0 Å². The first-order chi connectivity index (χ1) is 6.27. The lowest BCUT2D eigenvalue weighted by Crippen LogP contribution is -1.78. The largest absolute Gasteiger partial charge is 0.508 e. The Balaban J connectivity index is 2.57. The van der Waals surface area contributed by atoms with Gasteiger partial charge in [0, 0.05) is 10.0 Å². The SMILES string of the molecule is Oc1ccc(Br)c(-c2cnc[nH]2)c1. The number of phenolic OH excluding ortho intramolecular Hbond substituents is 1. The number of imidazole rings is 1. The highest BCUT2D eigenvalue weighted by Crippen LogP contribution is 2.29. The number of benzene rings is 1. The molecule has 0 fully saturated rings. The van der Waals surface area contributed by atoms with Crippen molar-refractivity contribution in [3.63, 3.8) is 0 Å². The minimum Gasteiger partial charge on any atom is -0.508 e. The van der Waals surface area contributed by atoms with E-state index < -0.39 is 0 Å². The standard InChI is InChI=1S/C9H7BrN2O/c10-8-2-1-6(13)3-7(8)9-4-11-5-12-9/h1-5,13H,(H,11,12). The topological polar surface area (TPSA) is 48.9 Å². The molecule has 1 aromatic carbocycles. The van der Waals surface area contributed by atoms with E-state index in [9.17, 15) is 5.11 Å². The minimum absolute atomic E-state index is 0.243. The second-order valence-electron chi connectivity index (χ2n) is 2.63. The molecule has 0 atom stereocenters. The van der Waals surface area contributed by atoms with E-state index in [4.69, 9.17) is 0 Å². The van der Waals surface area contributed by atoms with Gasteiger partial charge in [-0.05, 0) is 18.2 Å². The van der Waals surface area contributed by atoms with Crippen molar-refractivity contribution in [3.8, 4) is 17.0 Å². The molecule has 0 saturated heterocycles. The summed E-state index contributed by atoms with van der Waals surface area (Å²) in [6.07, 6.45) is 3.31. The van der Waals surface area contributed by atoms with Crippen LogP contribution < -0.4 is 0 Å². The second-order valence-corrected chi connectivity index (χ2v) is 3.48. The molecule has 0 saturated carbocycles. The third-order valence-corrected chi connectivity index (χ3v) is 2.43. The molecule has 0 aliphatic heterocycles. The summed E-state index contributed by atoms with van der Waals surface area (Å²) in [5.74, 6) is 0.243. The average molecular weight is 239 g/mol. The van der Waals surface area contributed by atoms with Gasteiger partial charge in [0.15, 0.2) is 0 Å². The lowest BCUT2D eigenvalue weighted by Gasteiger charge is -2.01. The molecule has 0 aliphatic rings. The van der Waals surface area contributed by atoms with E-state index in [1.165, 1.54) is 0 Å². The second kappa shape index (κ2) is 3.22. The first kappa shape index (κ1) is 8.31. The summed E-state index contributed by atoms with van der Waals surface area (Å²) in [5, 5.41) is 9.28. The normalized spacial score (nSPS) is 10.2.